The Kier molecular flexibility index (Phi) is 6.02. The molecular weight excluding hydrogens is 368 g/mol. The Labute approximate surface area is 171 Å². The second kappa shape index (κ2) is 8.84. The van der Waals surface area contributed by atoms with Gasteiger partial charge in [0.2, 0.25) is 17.8 Å². The number of guanidine groups is 1. The molecule has 2 N–H and O–H groups in total. The third-order valence-corrected chi connectivity index (χ3v) is 5.94. The van der Waals surface area contributed by atoms with Crippen LogP contribution in [0.2, 0.25) is 0 Å². The van der Waals surface area contributed by atoms with Crippen LogP contribution >= 0.6 is 0 Å². The van der Waals surface area contributed by atoms with Gasteiger partial charge >= 0.3 is 0 Å². The SMILES string of the molecule is CC(CCCC(=O)NCC1CCCC1)Oc1ccc2c(c1)N=C1NC(=O)CN1C2. The molecule has 2 fully saturated rings. The molecule has 2 heterocycles. The molecule has 3 aliphatic rings. The average Bonchev–Trinajstić information content (AvgIpc) is 3.32. The van der Waals surface area contributed by atoms with Crippen LogP contribution in [-0.2, 0) is 16.1 Å². The number of hydrogen-bond acceptors (Lipinski definition) is 5. The third kappa shape index (κ3) is 5.08. The largest absolute Gasteiger partial charge is 0.491 e. The zero-order valence-electron chi connectivity index (χ0n) is 17.1. The first-order chi connectivity index (χ1) is 14.1. The first kappa shape index (κ1) is 19.7. The van der Waals surface area contributed by atoms with Crippen molar-refractivity contribution in [1.82, 2.24) is 15.5 Å². The molecule has 1 unspecified atom stereocenters. The fourth-order valence-corrected chi connectivity index (χ4v) is 4.30. The van der Waals surface area contributed by atoms with E-state index in [0.717, 1.165) is 36.4 Å². The maximum absolute atomic E-state index is 12.0. The number of aliphatic imine (C=N–C) groups is 1. The van der Waals surface area contributed by atoms with Crippen molar-refractivity contribution in [3.8, 4) is 5.75 Å². The smallest absolute Gasteiger partial charge is 0.246 e. The van der Waals surface area contributed by atoms with Gasteiger partial charge in [0.25, 0.3) is 0 Å². The Morgan fingerprint density at radius 3 is 3.00 bits per heavy atom. The highest BCUT2D eigenvalue weighted by atomic mass is 16.5. The Hall–Kier alpha value is -2.57. The number of nitrogens with zero attached hydrogens (tertiary/aromatic N) is 2. The van der Waals surface area contributed by atoms with Crippen molar-refractivity contribution < 1.29 is 14.3 Å². The van der Waals surface area contributed by atoms with E-state index in [1.165, 1.54) is 25.7 Å². The third-order valence-electron chi connectivity index (χ3n) is 5.94. The summed E-state index contributed by atoms with van der Waals surface area (Å²) in [7, 11) is 0. The molecule has 7 nitrogen and oxygen atoms in total. The topological polar surface area (TPSA) is 83.0 Å². The number of fused-ring (bicyclic) bond motifs is 2. The minimum atomic E-state index is -0.0195. The Morgan fingerprint density at radius 1 is 1.34 bits per heavy atom. The molecule has 156 valence electrons. The number of hydrogen-bond donors (Lipinski definition) is 2. The maximum Gasteiger partial charge on any atom is 0.246 e. The molecule has 1 atom stereocenters. The van der Waals surface area contributed by atoms with E-state index in [0.29, 0.717) is 31.4 Å². The summed E-state index contributed by atoms with van der Waals surface area (Å²) in [5.74, 6) is 2.20. The molecule has 1 aromatic carbocycles. The summed E-state index contributed by atoms with van der Waals surface area (Å²) in [4.78, 5) is 30.0. The molecule has 2 aliphatic heterocycles. The number of benzene rings is 1. The van der Waals surface area contributed by atoms with Crippen molar-refractivity contribution in [2.24, 2.45) is 10.9 Å². The van der Waals surface area contributed by atoms with Crippen LogP contribution < -0.4 is 15.4 Å². The number of nitrogens with one attached hydrogen (secondary N) is 2. The van der Waals surface area contributed by atoms with Gasteiger partial charge in [-0.15, -0.1) is 0 Å². The number of rotatable bonds is 8. The van der Waals surface area contributed by atoms with E-state index in [2.05, 4.69) is 15.6 Å². The van der Waals surface area contributed by atoms with Crippen LogP contribution in [-0.4, -0.2) is 41.9 Å². The molecule has 1 aromatic rings. The Balaban J connectivity index is 1.21. The molecule has 0 radical (unpaired) electrons. The van der Waals surface area contributed by atoms with Gasteiger partial charge < -0.3 is 15.0 Å². The number of carbonyl (C=O) groups excluding carboxylic acids is 2. The molecular formula is C22H30N4O3. The monoisotopic (exact) mass is 398 g/mol. The van der Waals surface area contributed by atoms with Crippen molar-refractivity contribution in [2.75, 3.05) is 13.1 Å². The van der Waals surface area contributed by atoms with Gasteiger partial charge in [-0.1, -0.05) is 18.9 Å². The van der Waals surface area contributed by atoms with Gasteiger partial charge in [-0.2, -0.15) is 0 Å². The standard InChI is InChI=1S/C22H30N4O3/c1-15(5-4-8-20(27)23-12-16-6-2-3-7-16)29-18-10-9-17-13-26-14-21(28)25-22(26)24-19(17)11-18/h9-11,15-16H,2-8,12-14H2,1H3,(H,23,27)(H,24,25,28). The van der Waals surface area contributed by atoms with Crippen molar-refractivity contribution in [1.29, 1.82) is 0 Å². The van der Waals surface area contributed by atoms with E-state index in [9.17, 15) is 9.59 Å². The van der Waals surface area contributed by atoms with Gasteiger partial charge in [0.1, 0.15) is 12.3 Å². The first-order valence-corrected chi connectivity index (χ1v) is 10.8. The summed E-state index contributed by atoms with van der Waals surface area (Å²) in [5, 5.41) is 5.86. The molecule has 4 rings (SSSR count). The molecule has 0 spiro atoms. The zero-order valence-corrected chi connectivity index (χ0v) is 17.1. The second-order valence-electron chi connectivity index (χ2n) is 8.41. The molecule has 0 bridgehead atoms. The van der Waals surface area contributed by atoms with E-state index >= 15 is 0 Å². The Morgan fingerprint density at radius 2 is 2.17 bits per heavy atom. The van der Waals surface area contributed by atoms with E-state index in [4.69, 9.17) is 4.74 Å². The van der Waals surface area contributed by atoms with Crippen molar-refractivity contribution in [3.05, 3.63) is 23.8 Å². The highest BCUT2D eigenvalue weighted by molar-refractivity contribution is 6.05. The lowest BCUT2D eigenvalue weighted by molar-refractivity contribution is -0.121. The van der Waals surface area contributed by atoms with Crippen molar-refractivity contribution in [2.45, 2.75) is 64.5 Å². The fraction of sp³-hybridized carbons (Fsp3) is 0.591. The van der Waals surface area contributed by atoms with Crippen LogP contribution in [0, 0.1) is 5.92 Å². The highest BCUT2D eigenvalue weighted by Crippen LogP contribution is 2.31. The number of amides is 2. The van der Waals surface area contributed by atoms with Crippen LogP contribution in [0.25, 0.3) is 0 Å². The lowest BCUT2D eigenvalue weighted by Crippen LogP contribution is -2.32. The van der Waals surface area contributed by atoms with Gasteiger partial charge in [-0.3, -0.25) is 14.9 Å². The van der Waals surface area contributed by atoms with Gasteiger partial charge in [0, 0.05) is 25.6 Å². The molecule has 7 heteroatoms. The minimum absolute atomic E-state index is 0.0195. The Bertz CT molecular complexity index is 801. The highest BCUT2D eigenvalue weighted by Gasteiger charge is 2.29. The number of ether oxygens (including phenoxy) is 1. The number of carbonyl (C=O) groups is 2. The van der Waals surface area contributed by atoms with E-state index < -0.39 is 0 Å². The maximum atomic E-state index is 12.0. The van der Waals surface area contributed by atoms with Crippen LogP contribution in [0.1, 0.15) is 57.4 Å². The van der Waals surface area contributed by atoms with Crippen molar-refractivity contribution >= 4 is 23.5 Å². The fourth-order valence-electron chi connectivity index (χ4n) is 4.30. The predicted molar refractivity (Wildman–Crippen MR) is 111 cm³/mol. The summed E-state index contributed by atoms with van der Waals surface area (Å²) in [6.45, 7) is 3.90. The predicted octanol–water partition coefficient (Wildman–Crippen LogP) is 2.86. The second-order valence-corrected chi connectivity index (χ2v) is 8.41. The van der Waals surface area contributed by atoms with Crippen LogP contribution in [0.15, 0.2) is 23.2 Å². The van der Waals surface area contributed by atoms with Gasteiger partial charge in [-0.25, -0.2) is 4.99 Å². The molecule has 0 aromatic heterocycles. The van der Waals surface area contributed by atoms with Gasteiger partial charge in [0.15, 0.2) is 0 Å². The van der Waals surface area contributed by atoms with E-state index in [1.807, 2.05) is 30.0 Å². The summed E-state index contributed by atoms with van der Waals surface area (Å²) < 4.78 is 6.03. The zero-order chi connectivity index (χ0) is 20.2. The summed E-state index contributed by atoms with van der Waals surface area (Å²) in [6, 6.07) is 5.89. The van der Waals surface area contributed by atoms with Crippen LogP contribution in [0.3, 0.4) is 0 Å². The summed E-state index contributed by atoms with van der Waals surface area (Å²) in [5.41, 5.74) is 1.93. The molecule has 1 saturated carbocycles. The molecule has 1 saturated heterocycles. The molecule has 29 heavy (non-hydrogen) atoms. The average molecular weight is 399 g/mol. The van der Waals surface area contributed by atoms with E-state index in [-0.39, 0.29) is 17.9 Å². The molecule has 1 aliphatic carbocycles. The summed E-state index contributed by atoms with van der Waals surface area (Å²) >= 11 is 0. The van der Waals surface area contributed by atoms with Crippen molar-refractivity contribution in [3.63, 3.8) is 0 Å². The quantitative estimate of drug-likeness (QED) is 0.705. The van der Waals surface area contributed by atoms with Crippen LogP contribution in [0.5, 0.6) is 5.75 Å². The summed E-state index contributed by atoms with van der Waals surface area (Å²) in [6.07, 6.45) is 7.32. The van der Waals surface area contributed by atoms with Crippen LogP contribution in [0.4, 0.5) is 5.69 Å². The minimum Gasteiger partial charge on any atom is -0.491 e. The lowest BCUT2D eigenvalue weighted by Gasteiger charge is -2.23. The lowest BCUT2D eigenvalue weighted by atomic mass is 10.1. The normalized spacial score (nSPS) is 19.3. The van der Waals surface area contributed by atoms with Gasteiger partial charge in [0.05, 0.1) is 11.8 Å². The first-order valence-electron chi connectivity index (χ1n) is 10.8. The van der Waals surface area contributed by atoms with E-state index in [1.54, 1.807) is 0 Å². The van der Waals surface area contributed by atoms with Gasteiger partial charge in [-0.05, 0) is 50.2 Å². The molecule has 2 amide bonds.